The van der Waals surface area contributed by atoms with Crippen molar-refractivity contribution >= 4 is 52.1 Å². The zero-order chi connectivity index (χ0) is 24.2. The van der Waals surface area contributed by atoms with E-state index in [-0.39, 0.29) is 5.91 Å². The molecule has 0 spiro atoms. The normalized spacial score (nSPS) is 15.9. The summed E-state index contributed by atoms with van der Waals surface area (Å²) in [6, 6.07) is 28.9. The number of hydrogen-bond donors (Lipinski definition) is 0. The van der Waals surface area contributed by atoms with Crippen LogP contribution < -0.4 is 0 Å². The van der Waals surface area contributed by atoms with Crippen LogP contribution in [-0.2, 0) is 17.9 Å². The van der Waals surface area contributed by atoms with Gasteiger partial charge in [0.25, 0.3) is 5.91 Å². The molecule has 2 heterocycles. The van der Waals surface area contributed by atoms with E-state index in [2.05, 4.69) is 0 Å². The molecule has 1 saturated heterocycles. The van der Waals surface area contributed by atoms with Gasteiger partial charge in [-0.05, 0) is 53.2 Å². The number of amidine groups is 1. The van der Waals surface area contributed by atoms with Crippen LogP contribution in [0.1, 0.15) is 16.9 Å². The van der Waals surface area contributed by atoms with Crippen molar-refractivity contribution in [2.45, 2.75) is 13.1 Å². The first-order valence-corrected chi connectivity index (χ1v) is 12.5. The van der Waals surface area contributed by atoms with Crippen molar-refractivity contribution in [2.24, 2.45) is 4.99 Å². The maximum absolute atomic E-state index is 13.4. The summed E-state index contributed by atoms with van der Waals surface area (Å²) in [5.41, 5.74) is 2.93. The molecule has 4 aromatic rings. The molecule has 0 unspecified atom stereocenters. The lowest BCUT2D eigenvalue weighted by molar-refractivity contribution is -0.122. The summed E-state index contributed by atoms with van der Waals surface area (Å²) in [5.74, 6) is 1.12. The predicted molar refractivity (Wildman–Crippen MR) is 144 cm³/mol. The molecule has 3 aromatic carbocycles. The van der Waals surface area contributed by atoms with Gasteiger partial charge in [0.1, 0.15) is 11.5 Å². The predicted octanol–water partition coefficient (Wildman–Crippen LogP) is 7.93. The van der Waals surface area contributed by atoms with Crippen molar-refractivity contribution in [2.75, 3.05) is 0 Å². The number of benzene rings is 3. The summed E-state index contributed by atoms with van der Waals surface area (Å²) in [7, 11) is 0. The molecular formula is C28H20Cl2N2O2S. The van der Waals surface area contributed by atoms with Gasteiger partial charge in [0, 0.05) is 11.6 Å². The molecule has 4 nitrogen and oxygen atoms in total. The average Bonchev–Trinajstić information content (AvgIpc) is 3.46. The molecule has 1 aromatic heterocycles. The fourth-order valence-electron chi connectivity index (χ4n) is 3.64. The van der Waals surface area contributed by atoms with Crippen LogP contribution in [0.5, 0.6) is 0 Å². The molecule has 0 radical (unpaired) electrons. The quantitative estimate of drug-likeness (QED) is 0.243. The Hall–Kier alpha value is -3.25. The Kier molecular flexibility index (Phi) is 7.09. The number of amides is 1. The largest absolute Gasteiger partial charge is 0.457 e. The summed E-state index contributed by atoms with van der Waals surface area (Å²) < 4.78 is 5.99. The van der Waals surface area contributed by atoms with Gasteiger partial charge in [0.15, 0.2) is 5.17 Å². The van der Waals surface area contributed by atoms with Gasteiger partial charge in [-0.25, -0.2) is 0 Å². The SMILES string of the molecule is O=C1/C(=C\c2ccc(-c3ccc(Cl)c(Cl)c3)o2)SC(=NCc2ccccc2)N1Cc1ccccc1. The van der Waals surface area contributed by atoms with Gasteiger partial charge in [-0.3, -0.25) is 14.7 Å². The number of carbonyl (C=O) groups excluding carboxylic acids is 1. The van der Waals surface area contributed by atoms with Crippen LogP contribution >= 0.6 is 35.0 Å². The lowest BCUT2D eigenvalue weighted by Crippen LogP contribution is -2.28. The molecule has 174 valence electrons. The smallest absolute Gasteiger partial charge is 0.267 e. The van der Waals surface area contributed by atoms with E-state index in [4.69, 9.17) is 32.6 Å². The van der Waals surface area contributed by atoms with E-state index in [0.29, 0.717) is 44.7 Å². The summed E-state index contributed by atoms with van der Waals surface area (Å²) in [6.45, 7) is 0.946. The first-order valence-electron chi connectivity index (χ1n) is 11.0. The Labute approximate surface area is 217 Å². The second-order valence-corrected chi connectivity index (χ2v) is 9.73. The lowest BCUT2D eigenvalue weighted by Gasteiger charge is -2.15. The van der Waals surface area contributed by atoms with E-state index in [1.54, 1.807) is 23.1 Å². The lowest BCUT2D eigenvalue weighted by atomic mass is 10.2. The van der Waals surface area contributed by atoms with Gasteiger partial charge >= 0.3 is 0 Å². The van der Waals surface area contributed by atoms with Crippen molar-refractivity contribution in [3.05, 3.63) is 123 Å². The Morgan fingerprint density at radius 2 is 1.57 bits per heavy atom. The number of rotatable bonds is 6. The van der Waals surface area contributed by atoms with Gasteiger partial charge in [-0.2, -0.15) is 0 Å². The van der Waals surface area contributed by atoms with Crippen molar-refractivity contribution < 1.29 is 9.21 Å². The highest BCUT2D eigenvalue weighted by molar-refractivity contribution is 8.18. The maximum atomic E-state index is 13.4. The second kappa shape index (κ2) is 10.6. The molecule has 0 bridgehead atoms. The fraction of sp³-hybridized carbons (Fsp3) is 0.0714. The van der Waals surface area contributed by atoms with E-state index < -0.39 is 0 Å². The molecule has 1 aliphatic rings. The number of thioether (sulfide) groups is 1. The van der Waals surface area contributed by atoms with Crippen LogP contribution in [0.4, 0.5) is 0 Å². The van der Waals surface area contributed by atoms with Crippen molar-refractivity contribution in [1.29, 1.82) is 0 Å². The monoisotopic (exact) mass is 518 g/mol. The van der Waals surface area contributed by atoms with Gasteiger partial charge in [0.05, 0.1) is 28.0 Å². The molecule has 1 amide bonds. The van der Waals surface area contributed by atoms with Crippen LogP contribution in [0.15, 0.2) is 105 Å². The van der Waals surface area contributed by atoms with Gasteiger partial charge in [0.2, 0.25) is 0 Å². The molecule has 5 rings (SSSR count). The third-order valence-electron chi connectivity index (χ3n) is 5.42. The Bertz CT molecular complexity index is 1420. The highest BCUT2D eigenvalue weighted by Crippen LogP contribution is 2.35. The van der Waals surface area contributed by atoms with Crippen molar-refractivity contribution in [3.8, 4) is 11.3 Å². The number of furan rings is 1. The minimum atomic E-state index is -0.0989. The molecular weight excluding hydrogens is 499 g/mol. The fourth-order valence-corrected chi connectivity index (χ4v) is 4.89. The first kappa shape index (κ1) is 23.5. The third kappa shape index (κ3) is 5.54. The zero-order valence-corrected chi connectivity index (χ0v) is 20.9. The molecule has 0 atom stereocenters. The number of aliphatic imine (C=N–C) groups is 1. The molecule has 1 fully saturated rings. The van der Waals surface area contributed by atoms with Crippen LogP contribution in [0.25, 0.3) is 17.4 Å². The Balaban J connectivity index is 1.42. The minimum absolute atomic E-state index is 0.0989. The molecule has 35 heavy (non-hydrogen) atoms. The van der Waals surface area contributed by atoms with E-state index in [1.807, 2.05) is 78.9 Å². The molecule has 0 saturated carbocycles. The number of hydrogen-bond acceptors (Lipinski definition) is 4. The van der Waals surface area contributed by atoms with E-state index in [1.165, 1.54) is 11.8 Å². The third-order valence-corrected chi connectivity index (χ3v) is 7.20. The molecule has 1 aliphatic heterocycles. The molecule has 7 heteroatoms. The zero-order valence-electron chi connectivity index (χ0n) is 18.5. The van der Waals surface area contributed by atoms with Crippen LogP contribution in [-0.4, -0.2) is 16.0 Å². The number of nitrogens with zero attached hydrogens (tertiary/aromatic N) is 2. The van der Waals surface area contributed by atoms with E-state index >= 15 is 0 Å². The number of halogens is 2. The minimum Gasteiger partial charge on any atom is -0.457 e. The highest BCUT2D eigenvalue weighted by Gasteiger charge is 2.33. The van der Waals surface area contributed by atoms with Crippen LogP contribution in [0.3, 0.4) is 0 Å². The average molecular weight is 519 g/mol. The summed E-state index contributed by atoms with van der Waals surface area (Å²) in [5, 5.41) is 1.61. The van der Waals surface area contributed by atoms with E-state index in [9.17, 15) is 4.79 Å². The summed E-state index contributed by atoms with van der Waals surface area (Å²) >= 11 is 13.5. The number of carbonyl (C=O) groups is 1. The molecule has 0 aliphatic carbocycles. The van der Waals surface area contributed by atoms with Crippen molar-refractivity contribution in [3.63, 3.8) is 0 Å². The standard InChI is InChI=1S/C28H20Cl2N2O2S/c29-23-13-11-21(15-24(23)30)25-14-12-22(34-25)16-26-27(33)32(18-20-9-5-2-6-10-20)28(35-26)31-17-19-7-3-1-4-8-19/h1-16H,17-18H2/b26-16+,31-28?. The van der Waals surface area contributed by atoms with Gasteiger partial charge in [-0.1, -0.05) is 83.9 Å². The summed E-state index contributed by atoms with van der Waals surface area (Å²) in [4.78, 5) is 20.4. The van der Waals surface area contributed by atoms with Crippen molar-refractivity contribution in [1.82, 2.24) is 4.90 Å². The van der Waals surface area contributed by atoms with Gasteiger partial charge < -0.3 is 4.42 Å². The Morgan fingerprint density at radius 3 is 2.29 bits per heavy atom. The van der Waals surface area contributed by atoms with Crippen LogP contribution in [0.2, 0.25) is 10.0 Å². The maximum Gasteiger partial charge on any atom is 0.267 e. The first-order chi connectivity index (χ1) is 17.1. The van der Waals surface area contributed by atoms with E-state index in [0.717, 1.165) is 16.7 Å². The highest BCUT2D eigenvalue weighted by atomic mass is 35.5. The molecule has 0 N–H and O–H groups in total. The van der Waals surface area contributed by atoms with Crippen LogP contribution in [0, 0.1) is 0 Å². The topological polar surface area (TPSA) is 45.8 Å². The second-order valence-electron chi connectivity index (χ2n) is 7.90. The van der Waals surface area contributed by atoms with Gasteiger partial charge in [-0.15, -0.1) is 0 Å². The Morgan fingerprint density at radius 1 is 0.857 bits per heavy atom. The summed E-state index contributed by atoms with van der Waals surface area (Å²) in [6.07, 6.45) is 1.76.